The third-order valence-electron chi connectivity index (χ3n) is 2.20. The van der Waals surface area contributed by atoms with Gasteiger partial charge in [-0.15, -0.1) is 0 Å². The second-order valence-electron chi connectivity index (χ2n) is 3.48. The lowest BCUT2D eigenvalue weighted by molar-refractivity contribution is -0.116. The summed E-state index contributed by atoms with van der Waals surface area (Å²) in [5.74, 6) is 1.08. The smallest absolute Gasteiger partial charge is 0.224 e. The van der Waals surface area contributed by atoms with Gasteiger partial charge in [0.25, 0.3) is 0 Å². The number of rotatable bonds is 6. The number of aliphatic hydroxyl groups is 1. The van der Waals surface area contributed by atoms with Crippen LogP contribution in [0.4, 0.5) is 5.69 Å². The van der Waals surface area contributed by atoms with Gasteiger partial charge in [0, 0.05) is 36.9 Å². The van der Waals surface area contributed by atoms with Crippen LogP contribution in [0.25, 0.3) is 0 Å². The number of benzene rings is 1. The molecule has 1 aromatic carbocycles. The number of amides is 1. The van der Waals surface area contributed by atoms with E-state index in [1.165, 1.54) is 0 Å². The molecular formula is C12H17NO4. The van der Waals surface area contributed by atoms with E-state index in [9.17, 15) is 4.79 Å². The molecule has 0 bridgehead atoms. The molecule has 0 fully saturated rings. The molecule has 0 unspecified atom stereocenters. The van der Waals surface area contributed by atoms with Crippen LogP contribution in [0.5, 0.6) is 11.5 Å². The third-order valence-corrected chi connectivity index (χ3v) is 2.20. The Kier molecular flexibility index (Phi) is 5.29. The maximum atomic E-state index is 11.5. The van der Waals surface area contributed by atoms with Crippen LogP contribution in [0, 0.1) is 0 Å². The molecule has 0 aromatic heterocycles. The summed E-state index contributed by atoms with van der Waals surface area (Å²) in [6.07, 6.45) is 0.739. The zero-order chi connectivity index (χ0) is 12.7. The van der Waals surface area contributed by atoms with Gasteiger partial charge in [-0.25, -0.2) is 0 Å². The van der Waals surface area contributed by atoms with Gasteiger partial charge in [0.2, 0.25) is 5.91 Å². The molecule has 1 aromatic rings. The summed E-state index contributed by atoms with van der Waals surface area (Å²) in [6, 6.07) is 5.14. The fourth-order valence-corrected chi connectivity index (χ4v) is 1.34. The minimum absolute atomic E-state index is 0.00878. The first kappa shape index (κ1) is 13.3. The third kappa shape index (κ3) is 4.32. The molecule has 0 aliphatic rings. The van der Waals surface area contributed by atoms with Crippen molar-refractivity contribution in [2.24, 2.45) is 0 Å². The van der Waals surface area contributed by atoms with E-state index in [-0.39, 0.29) is 18.9 Å². The van der Waals surface area contributed by atoms with Gasteiger partial charge in [-0.2, -0.15) is 0 Å². The minimum atomic E-state index is -0.144. The van der Waals surface area contributed by atoms with Gasteiger partial charge < -0.3 is 19.9 Å². The number of nitrogens with one attached hydrogen (secondary N) is 1. The van der Waals surface area contributed by atoms with Crippen molar-refractivity contribution in [3.8, 4) is 11.5 Å². The van der Waals surface area contributed by atoms with E-state index in [0.29, 0.717) is 23.6 Å². The largest absolute Gasteiger partial charge is 0.497 e. The molecule has 0 heterocycles. The predicted molar refractivity (Wildman–Crippen MR) is 64.5 cm³/mol. The highest BCUT2D eigenvalue weighted by Gasteiger charge is 2.05. The van der Waals surface area contributed by atoms with Crippen LogP contribution < -0.4 is 14.8 Å². The lowest BCUT2D eigenvalue weighted by Gasteiger charge is -2.09. The lowest BCUT2D eigenvalue weighted by atomic mass is 10.2. The Morgan fingerprint density at radius 3 is 2.29 bits per heavy atom. The first-order chi connectivity index (χ1) is 8.19. The molecule has 0 saturated heterocycles. The number of ether oxygens (including phenoxy) is 2. The zero-order valence-corrected chi connectivity index (χ0v) is 10.0. The molecule has 0 spiro atoms. The Hall–Kier alpha value is -1.75. The summed E-state index contributed by atoms with van der Waals surface area (Å²) in [5, 5.41) is 11.3. The highest BCUT2D eigenvalue weighted by atomic mass is 16.5. The molecular weight excluding hydrogens is 222 g/mol. The van der Waals surface area contributed by atoms with Crippen molar-refractivity contribution < 1.29 is 19.4 Å². The normalized spacial score (nSPS) is 9.82. The average Bonchev–Trinajstić information content (AvgIpc) is 2.35. The average molecular weight is 239 g/mol. The number of hydrogen-bond acceptors (Lipinski definition) is 4. The fraction of sp³-hybridized carbons (Fsp3) is 0.417. The van der Waals surface area contributed by atoms with Crippen molar-refractivity contribution in [3.05, 3.63) is 18.2 Å². The van der Waals surface area contributed by atoms with E-state index in [2.05, 4.69) is 5.32 Å². The number of aliphatic hydroxyl groups excluding tert-OH is 1. The molecule has 1 rings (SSSR count). The summed E-state index contributed by atoms with van der Waals surface area (Å²) < 4.78 is 10.2. The van der Waals surface area contributed by atoms with Crippen LogP contribution in [-0.2, 0) is 4.79 Å². The summed E-state index contributed by atoms with van der Waals surface area (Å²) in [5.41, 5.74) is 0.615. The van der Waals surface area contributed by atoms with Crippen molar-refractivity contribution >= 4 is 11.6 Å². The number of methoxy groups -OCH3 is 2. The summed E-state index contributed by atoms with van der Waals surface area (Å²) in [4.78, 5) is 11.5. The topological polar surface area (TPSA) is 67.8 Å². The van der Waals surface area contributed by atoms with Gasteiger partial charge in [0.1, 0.15) is 11.5 Å². The Morgan fingerprint density at radius 2 is 1.82 bits per heavy atom. The molecule has 2 N–H and O–H groups in total. The van der Waals surface area contributed by atoms with E-state index in [1.54, 1.807) is 32.4 Å². The van der Waals surface area contributed by atoms with Gasteiger partial charge in [-0.05, 0) is 6.42 Å². The standard InChI is InChI=1S/C12H17NO4/c1-16-10-6-9(7-11(8-10)17-2)13-12(15)4-3-5-14/h6-8,14H,3-5H2,1-2H3,(H,13,15). The molecule has 0 aliphatic heterocycles. The van der Waals surface area contributed by atoms with Crippen LogP contribution in [0.3, 0.4) is 0 Å². The molecule has 17 heavy (non-hydrogen) atoms. The monoisotopic (exact) mass is 239 g/mol. The quantitative estimate of drug-likeness (QED) is 0.787. The van der Waals surface area contributed by atoms with Gasteiger partial charge in [0.05, 0.1) is 14.2 Å². The highest BCUT2D eigenvalue weighted by molar-refractivity contribution is 5.91. The maximum Gasteiger partial charge on any atom is 0.224 e. The first-order valence-corrected chi connectivity index (χ1v) is 5.33. The molecule has 94 valence electrons. The minimum Gasteiger partial charge on any atom is -0.497 e. The molecule has 5 heteroatoms. The van der Waals surface area contributed by atoms with Crippen LogP contribution in [0.2, 0.25) is 0 Å². The maximum absolute atomic E-state index is 11.5. The summed E-state index contributed by atoms with van der Waals surface area (Å²) in [6.45, 7) is 0.00878. The van der Waals surface area contributed by atoms with Gasteiger partial charge in [0.15, 0.2) is 0 Å². The van der Waals surface area contributed by atoms with E-state index < -0.39 is 0 Å². The molecule has 0 aliphatic carbocycles. The number of carbonyl (C=O) groups is 1. The Morgan fingerprint density at radius 1 is 1.24 bits per heavy atom. The van der Waals surface area contributed by atoms with E-state index >= 15 is 0 Å². The van der Waals surface area contributed by atoms with Gasteiger partial charge >= 0.3 is 0 Å². The van der Waals surface area contributed by atoms with Crippen LogP contribution in [0.1, 0.15) is 12.8 Å². The molecule has 0 radical (unpaired) electrons. The first-order valence-electron chi connectivity index (χ1n) is 5.33. The molecule has 1 amide bonds. The van der Waals surface area contributed by atoms with Crippen LogP contribution in [0.15, 0.2) is 18.2 Å². The Balaban J connectivity index is 2.72. The van der Waals surface area contributed by atoms with Crippen molar-refractivity contribution in [1.29, 1.82) is 0 Å². The number of anilines is 1. The van der Waals surface area contributed by atoms with E-state index in [0.717, 1.165) is 0 Å². The summed E-state index contributed by atoms with van der Waals surface area (Å²) in [7, 11) is 3.10. The van der Waals surface area contributed by atoms with E-state index in [1.807, 2.05) is 0 Å². The Labute approximate surface area is 100 Å². The van der Waals surface area contributed by atoms with Crippen molar-refractivity contribution in [2.45, 2.75) is 12.8 Å². The second-order valence-corrected chi connectivity index (χ2v) is 3.48. The SMILES string of the molecule is COc1cc(NC(=O)CCCO)cc(OC)c1. The Bertz CT molecular complexity index is 357. The number of hydrogen-bond donors (Lipinski definition) is 2. The lowest BCUT2D eigenvalue weighted by Crippen LogP contribution is -2.11. The highest BCUT2D eigenvalue weighted by Crippen LogP contribution is 2.25. The van der Waals surface area contributed by atoms with Crippen molar-refractivity contribution in [3.63, 3.8) is 0 Å². The second kappa shape index (κ2) is 6.75. The van der Waals surface area contributed by atoms with Crippen molar-refractivity contribution in [2.75, 3.05) is 26.1 Å². The molecule has 0 saturated carbocycles. The van der Waals surface area contributed by atoms with Crippen LogP contribution in [-0.4, -0.2) is 31.8 Å². The van der Waals surface area contributed by atoms with E-state index in [4.69, 9.17) is 14.6 Å². The summed E-state index contributed by atoms with van der Waals surface area (Å²) >= 11 is 0. The van der Waals surface area contributed by atoms with Crippen LogP contribution >= 0.6 is 0 Å². The van der Waals surface area contributed by atoms with Gasteiger partial charge in [-0.3, -0.25) is 4.79 Å². The van der Waals surface area contributed by atoms with Crippen molar-refractivity contribution in [1.82, 2.24) is 0 Å². The molecule has 0 atom stereocenters. The fourth-order valence-electron chi connectivity index (χ4n) is 1.34. The molecule has 5 nitrogen and oxygen atoms in total. The zero-order valence-electron chi connectivity index (χ0n) is 10.0. The predicted octanol–water partition coefficient (Wildman–Crippen LogP) is 1.41. The van der Waals surface area contributed by atoms with Gasteiger partial charge in [-0.1, -0.05) is 0 Å². The number of carbonyl (C=O) groups excluding carboxylic acids is 1.